The minimum Gasteiger partial charge on any atom is -0.486 e. The molecular formula is C29H33FN2O5. The van der Waals surface area contributed by atoms with E-state index in [1.165, 1.54) is 12.1 Å². The Balaban J connectivity index is 1.43. The number of aliphatic hydroxyl groups is 1. The van der Waals surface area contributed by atoms with Crippen LogP contribution >= 0.6 is 0 Å². The van der Waals surface area contributed by atoms with Crippen molar-refractivity contribution >= 4 is 22.5 Å². The van der Waals surface area contributed by atoms with E-state index in [9.17, 15) is 19.1 Å². The Kier molecular flexibility index (Phi) is 8.74. The van der Waals surface area contributed by atoms with E-state index in [0.717, 1.165) is 29.4 Å². The normalized spacial score (nSPS) is 14.4. The predicted molar refractivity (Wildman–Crippen MR) is 139 cm³/mol. The molecule has 0 saturated heterocycles. The standard InChI is InChI=1S/C29H33FN2O5/c1-3-32(4-2)18-24(28(34)22-9-12-26-27(17-22)37-14-13-36-26)31-29(35)25(33)11-6-19-5-7-21-16-23(30)10-8-20(21)15-19/h5,7-10,12,15-17,24,28,34H,3-4,6,11,13-14,18H2,1-2H3,(H,31,35)/t24-,28-/m1/s1. The maximum Gasteiger partial charge on any atom is 0.287 e. The monoisotopic (exact) mass is 508 g/mol. The molecule has 0 fully saturated rings. The molecule has 0 aliphatic carbocycles. The number of halogens is 1. The van der Waals surface area contributed by atoms with Crippen LogP contribution < -0.4 is 14.8 Å². The molecule has 196 valence electrons. The minimum absolute atomic E-state index is 0.0244. The number of nitrogens with one attached hydrogen (secondary N) is 1. The van der Waals surface area contributed by atoms with E-state index in [1.807, 2.05) is 32.0 Å². The fourth-order valence-corrected chi connectivity index (χ4v) is 4.50. The highest BCUT2D eigenvalue weighted by Gasteiger charge is 2.28. The zero-order valence-electron chi connectivity index (χ0n) is 21.2. The molecule has 0 radical (unpaired) electrons. The van der Waals surface area contributed by atoms with Gasteiger partial charge in [-0.2, -0.15) is 0 Å². The summed E-state index contributed by atoms with van der Waals surface area (Å²) in [6.45, 7) is 6.74. The number of carbonyl (C=O) groups is 2. The van der Waals surface area contributed by atoms with Crippen LogP contribution in [0.25, 0.3) is 10.8 Å². The summed E-state index contributed by atoms with van der Waals surface area (Å²) < 4.78 is 24.6. The lowest BCUT2D eigenvalue weighted by Gasteiger charge is -2.30. The van der Waals surface area contributed by atoms with Crippen LogP contribution in [0.4, 0.5) is 4.39 Å². The fourth-order valence-electron chi connectivity index (χ4n) is 4.50. The lowest BCUT2D eigenvalue weighted by Crippen LogP contribution is -2.49. The van der Waals surface area contributed by atoms with Crippen molar-refractivity contribution in [3.8, 4) is 11.5 Å². The van der Waals surface area contributed by atoms with Gasteiger partial charge in [-0.3, -0.25) is 9.59 Å². The summed E-state index contributed by atoms with van der Waals surface area (Å²) in [5.41, 5.74) is 1.46. The SMILES string of the molecule is CCN(CC)C[C@@H](NC(=O)C(=O)CCc1ccc2cc(F)ccc2c1)[C@H](O)c1ccc2c(c1)OCCO2. The summed E-state index contributed by atoms with van der Waals surface area (Å²) in [5, 5.41) is 15.6. The average Bonchev–Trinajstić information content (AvgIpc) is 2.93. The van der Waals surface area contributed by atoms with Crippen LogP contribution in [0.5, 0.6) is 11.5 Å². The first-order chi connectivity index (χ1) is 17.9. The molecule has 0 bridgehead atoms. The highest BCUT2D eigenvalue weighted by atomic mass is 19.1. The molecule has 1 aliphatic rings. The number of amides is 1. The number of carbonyl (C=O) groups excluding carboxylic acids is 2. The van der Waals surface area contributed by atoms with Gasteiger partial charge >= 0.3 is 0 Å². The van der Waals surface area contributed by atoms with E-state index in [4.69, 9.17) is 9.47 Å². The maximum absolute atomic E-state index is 13.4. The second kappa shape index (κ2) is 12.2. The first-order valence-corrected chi connectivity index (χ1v) is 12.7. The highest BCUT2D eigenvalue weighted by Crippen LogP contribution is 2.33. The largest absolute Gasteiger partial charge is 0.486 e. The van der Waals surface area contributed by atoms with Crippen LogP contribution in [-0.4, -0.2) is 60.6 Å². The molecule has 3 aromatic carbocycles. The van der Waals surface area contributed by atoms with Crippen molar-refractivity contribution in [1.29, 1.82) is 0 Å². The van der Waals surface area contributed by atoms with Crippen molar-refractivity contribution in [2.24, 2.45) is 0 Å². The molecule has 0 spiro atoms. The van der Waals surface area contributed by atoms with E-state index < -0.39 is 23.8 Å². The second-order valence-corrected chi connectivity index (χ2v) is 9.16. The van der Waals surface area contributed by atoms with Crippen LogP contribution in [0.1, 0.15) is 37.5 Å². The number of fused-ring (bicyclic) bond motifs is 2. The number of nitrogens with zero attached hydrogens (tertiary/aromatic N) is 1. The molecule has 2 N–H and O–H groups in total. The van der Waals surface area contributed by atoms with E-state index in [-0.39, 0.29) is 12.2 Å². The number of benzene rings is 3. The molecular weight excluding hydrogens is 475 g/mol. The number of hydrogen-bond donors (Lipinski definition) is 2. The third-order valence-corrected chi connectivity index (χ3v) is 6.72. The topological polar surface area (TPSA) is 88.1 Å². The average molecular weight is 509 g/mol. The third-order valence-electron chi connectivity index (χ3n) is 6.72. The number of Topliss-reactive ketones (excluding diaryl/α,β-unsaturated/α-hetero) is 1. The van der Waals surface area contributed by atoms with Gasteiger partial charge in [0.2, 0.25) is 5.78 Å². The number of rotatable bonds is 11. The van der Waals surface area contributed by atoms with Crippen LogP contribution in [0.15, 0.2) is 54.6 Å². The molecule has 0 unspecified atom stereocenters. The van der Waals surface area contributed by atoms with Gasteiger partial charge in [-0.05, 0) is 65.7 Å². The minimum atomic E-state index is -1.05. The molecule has 8 heteroatoms. The Morgan fingerprint density at radius 3 is 2.43 bits per heavy atom. The Hall–Kier alpha value is -3.49. The zero-order valence-corrected chi connectivity index (χ0v) is 21.2. The quantitative estimate of drug-likeness (QED) is 0.383. The Labute approximate surface area is 216 Å². The molecule has 2 atom stereocenters. The van der Waals surface area contributed by atoms with Gasteiger partial charge in [0, 0.05) is 13.0 Å². The van der Waals surface area contributed by atoms with Gasteiger partial charge in [0.15, 0.2) is 11.5 Å². The zero-order chi connectivity index (χ0) is 26.4. The number of aliphatic hydroxyl groups excluding tert-OH is 1. The Morgan fingerprint density at radius 1 is 0.973 bits per heavy atom. The van der Waals surface area contributed by atoms with E-state index in [1.54, 1.807) is 24.3 Å². The van der Waals surface area contributed by atoms with Crippen LogP contribution in [0.3, 0.4) is 0 Å². The molecule has 7 nitrogen and oxygen atoms in total. The van der Waals surface area contributed by atoms with Gasteiger partial charge in [-0.25, -0.2) is 4.39 Å². The Morgan fingerprint density at radius 2 is 1.68 bits per heavy atom. The molecule has 3 aromatic rings. The highest BCUT2D eigenvalue weighted by molar-refractivity contribution is 6.36. The summed E-state index contributed by atoms with van der Waals surface area (Å²) in [5.74, 6) is -0.426. The first-order valence-electron chi connectivity index (χ1n) is 12.7. The van der Waals surface area contributed by atoms with Gasteiger partial charge in [0.05, 0.1) is 6.04 Å². The van der Waals surface area contributed by atoms with E-state index in [0.29, 0.717) is 43.2 Å². The molecule has 1 aliphatic heterocycles. The van der Waals surface area contributed by atoms with Crippen LogP contribution in [0.2, 0.25) is 0 Å². The lowest BCUT2D eigenvalue weighted by molar-refractivity contribution is -0.139. The summed E-state index contributed by atoms with van der Waals surface area (Å²) in [7, 11) is 0. The van der Waals surface area contributed by atoms with Gasteiger partial charge in [-0.15, -0.1) is 0 Å². The Bertz CT molecular complexity index is 1260. The second-order valence-electron chi connectivity index (χ2n) is 9.16. The lowest BCUT2D eigenvalue weighted by atomic mass is 9.99. The summed E-state index contributed by atoms with van der Waals surface area (Å²) in [6, 6.07) is 14.6. The van der Waals surface area contributed by atoms with Crippen molar-refractivity contribution in [3.05, 3.63) is 71.5 Å². The van der Waals surface area contributed by atoms with Gasteiger partial charge < -0.3 is 24.8 Å². The molecule has 0 aromatic heterocycles. The number of hydrogen-bond acceptors (Lipinski definition) is 6. The summed E-state index contributed by atoms with van der Waals surface area (Å²) >= 11 is 0. The van der Waals surface area contributed by atoms with Crippen LogP contribution in [0, 0.1) is 5.82 Å². The van der Waals surface area contributed by atoms with Crippen molar-refractivity contribution in [2.75, 3.05) is 32.8 Å². The first kappa shape index (κ1) is 26.6. The summed E-state index contributed by atoms with van der Waals surface area (Å²) in [4.78, 5) is 27.7. The number of aryl methyl sites for hydroxylation is 1. The number of ketones is 1. The number of ether oxygens (including phenoxy) is 2. The predicted octanol–water partition coefficient (Wildman–Crippen LogP) is 3.81. The smallest absolute Gasteiger partial charge is 0.287 e. The van der Waals surface area contributed by atoms with Crippen molar-refractivity contribution in [2.45, 2.75) is 38.8 Å². The summed E-state index contributed by atoms with van der Waals surface area (Å²) in [6.07, 6.45) is -0.643. The third kappa shape index (κ3) is 6.64. The molecule has 1 amide bonds. The maximum atomic E-state index is 13.4. The van der Waals surface area contributed by atoms with Crippen molar-refractivity contribution in [1.82, 2.24) is 10.2 Å². The fraction of sp³-hybridized carbons (Fsp3) is 0.379. The number of likely N-dealkylation sites (N-methyl/N-ethyl adjacent to an activating group) is 1. The molecule has 37 heavy (non-hydrogen) atoms. The van der Waals surface area contributed by atoms with Gasteiger partial charge in [0.25, 0.3) is 5.91 Å². The molecule has 0 saturated carbocycles. The van der Waals surface area contributed by atoms with Crippen molar-refractivity contribution < 1.29 is 28.6 Å². The van der Waals surface area contributed by atoms with Crippen molar-refractivity contribution in [3.63, 3.8) is 0 Å². The molecule has 4 rings (SSSR count). The molecule has 1 heterocycles. The van der Waals surface area contributed by atoms with Gasteiger partial charge in [-0.1, -0.05) is 44.2 Å². The van der Waals surface area contributed by atoms with E-state index in [2.05, 4.69) is 10.2 Å². The van der Waals surface area contributed by atoms with E-state index >= 15 is 0 Å². The van der Waals surface area contributed by atoms with Gasteiger partial charge in [0.1, 0.15) is 25.1 Å². The van der Waals surface area contributed by atoms with Crippen LogP contribution in [-0.2, 0) is 16.0 Å².